The number of nitrogens with two attached hydrogens (primary N) is 1. The SMILES string of the molecule is CC.CC(C)(Oc1ccc(C(F)(F)F)cn1)C(N)=O. The van der Waals surface area contributed by atoms with Crippen molar-refractivity contribution in [1.29, 1.82) is 0 Å². The standard InChI is InChI=1S/C10H11F3N2O2.C2H6/c1-9(2,8(14)16)17-7-4-3-6(5-15-7)10(11,12)13;1-2/h3-5H,1-2H3,(H2,14,16);1-2H3. The Kier molecular flexibility index (Phi) is 5.80. The lowest BCUT2D eigenvalue weighted by Gasteiger charge is -2.21. The lowest BCUT2D eigenvalue weighted by Crippen LogP contribution is -2.43. The fourth-order valence-electron chi connectivity index (χ4n) is 0.920. The van der Waals surface area contributed by atoms with Gasteiger partial charge in [-0.15, -0.1) is 0 Å². The van der Waals surface area contributed by atoms with Gasteiger partial charge >= 0.3 is 6.18 Å². The van der Waals surface area contributed by atoms with Crippen molar-refractivity contribution >= 4 is 5.91 Å². The second-order valence-electron chi connectivity index (χ2n) is 3.86. The fraction of sp³-hybridized carbons (Fsp3) is 0.500. The third-order valence-corrected chi connectivity index (χ3v) is 2.02. The average Bonchev–Trinajstić information content (AvgIpc) is 2.30. The number of aromatic nitrogens is 1. The monoisotopic (exact) mass is 278 g/mol. The number of halogens is 3. The summed E-state index contributed by atoms with van der Waals surface area (Å²) in [6, 6.07) is 1.85. The van der Waals surface area contributed by atoms with Gasteiger partial charge in [0.2, 0.25) is 5.88 Å². The number of carbonyl (C=O) groups excluding carboxylic acids is 1. The number of pyridine rings is 1. The zero-order valence-corrected chi connectivity index (χ0v) is 11.2. The Morgan fingerprint density at radius 1 is 1.26 bits per heavy atom. The summed E-state index contributed by atoms with van der Waals surface area (Å²) in [4.78, 5) is 14.4. The molecule has 1 aromatic heterocycles. The van der Waals surface area contributed by atoms with Crippen molar-refractivity contribution in [3.05, 3.63) is 23.9 Å². The van der Waals surface area contributed by atoms with Crippen LogP contribution in [0, 0.1) is 0 Å². The van der Waals surface area contributed by atoms with Crippen LogP contribution in [0.4, 0.5) is 13.2 Å². The molecule has 0 aromatic carbocycles. The topological polar surface area (TPSA) is 65.2 Å². The Morgan fingerprint density at radius 3 is 2.11 bits per heavy atom. The molecule has 19 heavy (non-hydrogen) atoms. The van der Waals surface area contributed by atoms with Gasteiger partial charge in [0.05, 0.1) is 5.56 Å². The van der Waals surface area contributed by atoms with Crippen LogP contribution in [0.5, 0.6) is 5.88 Å². The number of hydrogen-bond acceptors (Lipinski definition) is 3. The molecule has 0 spiro atoms. The van der Waals surface area contributed by atoms with E-state index in [1.54, 1.807) is 0 Å². The lowest BCUT2D eigenvalue weighted by atomic mass is 10.1. The molecule has 4 nitrogen and oxygen atoms in total. The molecular formula is C12H17F3N2O2. The highest BCUT2D eigenvalue weighted by molar-refractivity contribution is 5.82. The highest BCUT2D eigenvalue weighted by Crippen LogP contribution is 2.29. The van der Waals surface area contributed by atoms with Crippen molar-refractivity contribution in [3.63, 3.8) is 0 Å². The zero-order chi connectivity index (χ0) is 15.3. The predicted molar refractivity (Wildman–Crippen MR) is 64.5 cm³/mol. The minimum Gasteiger partial charge on any atom is -0.462 e. The van der Waals surface area contributed by atoms with Gasteiger partial charge in [0.25, 0.3) is 5.91 Å². The summed E-state index contributed by atoms with van der Waals surface area (Å²) in [5.74, 6) is -0.832. The van der Waals surface area contributed by atoms with Crippen molar-refractivity contribution < 1.29 is 22.7 Å². The maximum Gasteiger partial charge on any atom is 0.417 e. The molecule has 0 radical (unpaired) electrons. The van der Waals surface area contributed by atoms with Gasteiger partial charge < -0.3 is 10.5 Å². The molecule has 1 aromatic rings. The van der Waals surface area contributed by atoms with Crippen LogP contribution >= 0.6 is 0 Å². The maximum atomic E-state index is 12.2. The van der Waals surface area contributed by atoms with Crippen molar-refractivity contribution in [2.24, 2.45) is 5.73 Å². The predicted octanol–water partition coefficient (Wildman–Crippen LogP) is 2.77. The minimum atomic E-state index is -4.45. The van der Waals surface area contributed by atoms with E-state index in [9.17, 15) is 18.0 Å². The molecule has 0 saturated heterocycles. The first-order valence-corrected chi connectivity index (χ1v) is 5.65. The van der Waals surface area contributed by atoms with E-state index >= 15 is 0 Å². The number of ether oxygens (including phenoxy) is 1. The van der Waals surface area contributed by atoms with Gasteiger partial charge in [-0.1, -0.05) is 13.8 Å². The van der Waals surface area contributed by atoms with Crippen molar-refractivity contribution in [2.75, 3.05) is 0 Å². The molecule has 0 aliphatic carbocycles. The molecule has 0 fully saturated rings. The van der Waals surface area contributed by atoms with E-state index in [1.165, 1.54) is 13.8 Å². The molecule has 0 atom stereocenters. The first kappa shape index (κ1) is 17.2. The van der Waals surface area contributed by atoms with Crippen LogP contribution < -0.4 is 10.5 Å². The summed E-state index contributed by atoms with van der Waals surface area (Å²) in [5, 5.41) is 0. The van der Waals surface area contributed by atoms with Gasteiger partial charge in [-0.2, -0.15) is 13.2 Å². The fourth-order valence-corrected chi connectivity index (χ4v) is 0.920. The Balaban J connectivity index is 0.00000154. The average molecular weight is 278 g/mol. The second-order valence-corrected chi connectivity index (χ2v) is 3.86. The summed E-state index contributed by atoms with van der Waals surface area (Å²) in [7, 11) is 0. The van der Waals surface area contributed by atoms with E-state index in [0.29, 0.717) is 6.20 Å². The normalized spacial score (nSPS) is 11.3. The van der Waals surface area contributed by atoms with Crippen LogP contribution in [-0.2, 0) is 11.0 Å². The molecule has 7 heteroatoms. The van der Waals surface area contributed by atoms with E-state index in [1.807, 2.05) is 13.8 Å². The highest BCUT2D eigenvalue weighted by Gasteiger charge is 2.32. The van der Waals surface area contributed by atoms with Crippen molar-refractivity contribution in [3.8, 4) is 5.88 Å². The van der Waals surface area contributed by atoms with Crippen LogP contribution in [0.1, 0.15) is 33.3 Å². The van der Waals surface area contributed by atoms with E-state index in [-0.39, 0.29) is 5.88 Å². The summed E-state index contributed by atoms with van der Waals surface area (Å²) < 4.78 is 41.8. The number of alkyl halides is 3. The molecule has 1 amide bonds. The van der Waals surface area contributed by atoms with E-state index < -0.39 is 23.2 Å². The lowest BCUT2D eigenvalue weighted by molar-refractivity contribution is -0.138. The maximum absolute atomic E-state index is 12.2. The van der Waals surface area contributed by atoms with Crippen LogP contribution in [0.25, 0.3) is 0 Å². The minimum absolute atomic E-state index is 0.0956. The third kappa shape index (κ3) is 5.15. The van der Waals surface area contributed by atoms with Gasteiger partial charge in [-0.25, -0.2) is 4.98 Å². The van der Waals surface area contributed by atoms with Gasteiger partial charge in [-0.05, 0) is 19.9 Å². The number of primary amides is 1. The van der Waals surface area contributed by atoms with Crippen LogP contribution in [0.2, 0.25) is 0 Å². The molecule has 0 bridgehead atoms. The van der Waals surface area contributed by atoms with Gasteiger partial charge in [0.1, 0.15) is 0 Å². The van der Waals surface area contributed by atoms with E-state index in [2.05, 4.69) is 4.98 Å². The largest absolute Gasteiger partial charge is 0.462 e. The van der Waals surface area contributed by atoms with E-state index in [4.69, 9.17) is 10.5 Å². The first-order valence-electron chi connectivity index (χ1n) is 5.65. The van der Waals surface area contributed by atoms with Crippen LogP contribution in [-0.4, -0.2) is 16.5 Å². The number of rotatable bonds is 3. The summed E-state index contributed by atoms with van der Waals surface area (Å²) in [6.45, 7) is 6.80. The molecule has 1 rings (SSSR count). The Morgan fingerprint density at radius 2 is 1.79 bits per heavy atom. The van der Waals surface area contributed by atoms with Crippen molar-refractivity contribution in [1.82, 2.24) is 4.98 Å². The van der Waals surface area contributed by atoms with E-state index in [0.717, 1.165) is 12.1 Å². The molecule has 108 valence electrons. The van der Waals surface area contributed by atoms with Crippen LogP contribution in [0.3, 0.4) is 0 Å². The Hall–Kier alpha value is -1.79. The molecule has 2 N–H and O–H groups in total. The van der Waals surface area contributed by atoms with Crippen molar-refractivity contribution in [2.45, 2.75) is 39.5 Å². The molecule has 0 unspecified atom stereocenters. The summed E-state index contributed by atoms with van der Waals surface area (Å²) >= 11 is 0. The molecule has 0 aliphatic heterocycles. The quantitative estimate of drug-likeness (QED) is 0.924. The third-order valence-electron chi connectivity index (χ3n) is 2.02. The number of nitrogens with zero attached hydrogens (tertiary/aromatic N) is 1. The zero-order valence-electron chi connectivity index (χ0n) is 11.2. The Labute approximate surface area is 109 Å². The molecule has 0 aliphatic rings. The second kappa shape index (κ2) is 6.40. The summed E-state index contributed by atoms with van der Waals surface area (Å²) in [6.07, 6.45) is -3.82. The molecular weight excluding hydrogens is 261 g/mol. The number of carbonyl (C=O) groups is 1. The van der Waals surface area contributed by atoms with Gasteiger partial charge in [-0.3, -0.25) is 4.79 Å². The number of hydrogen-bond donors (Lipinski definition) is 1. The first-order chi connectivity index (χ1) is 8.63. The highest BCUT2D eigenvalue weighted by atomic mass is 19.4. The molecule has 0 saturated carbocycles. The van der Waals surface area contributed by atoms with Gasteiger partial charge in [0.15, 0.2) is 5.60 Å². The van der Waals surface area contributed by atoms with Crippen LogP contribution in [0.15, 0.2) is 18.3 Å². The molecule has 1 heterocycles. The number of amides is 1. The van der Waals surface area contributed by atoms with Gasteiger partial charge in [0, 0.05) is 12.3 Å². The summed E-state index contributed by atoms with van der Waals surface area (Å²) in [5.41, 5.74) is 2.83. The Bertz CT molecular complexity index is 414. The smallest absolute Gasteiger partial charge is 0.417 e.